The van der Waals surface area contributed by atoms with Crippen LogP contribution in [0, 0.1) is 12.8 Å². The minimum Gasteiger partial charge on any atom is -0.398 e. The van der Waals surface area contributed by atoms with Gasteiger partial charge in [-0.2, -0.15) is 0 Å². The standard InChI is InChI=1S/C14H20N2O2S/c1-11-7-8-13(9-14(11)15)19(17,18)16-10-12-5-3-2-4-6-12/h2-3,7-9,12,16H,4-6,10,15H2,1H3. The Labute approximate surface area is 114 Å². The van der Waals surface area contributed by atoms with Crippen molar-refractivity contribution in [3.05, 3.63) is 35.9 Å². The van der Waals surface area contributed by atoms with Gasteiger partial charge in [0, 0.05) is 12.2 Å². The van der Waals surface area contributed by atoms with Gasteiger partial charge in [-0.15, -0.1) is 0 Å². The molecule has 0 spiro atoms. The fraction of sp³-hybridized carbons (Fsp3) is 0.429. The van der Waals surface area contributed by atoms with Crippen LogP contribution in [0.4, 0.5) is 5.69 Å². The van der Waals surface area contributed by atoms with Gasteiger partial charge in [0.25, 0.3) is 0 Å². The quantitative estimate of drug-likeness (QED) is 0.656. The number of allylic oxidation sites excluding steroid dienone is 2. The highest BCUT2D eigenvalue weighted by Gasteiger charge is 2.17. The number of sulfonamides is 1. The highest BCUT2D eigenvalue weighted by molar-refractivity contribution is 7.89. The lowest BCUT2D eigenvalue weighted by atomic mass is 9.95. The van der Waals surface area contributed by atoms with E-state index in [1.807, 2.05) is 6.92 Å². The summed E-state index contributed by atoms with van der Waals surface area (Å²) in [7, 11) is -3.45. The Morgan fingerprint density at radius 1 is 1.37 bits per heavy atom. The number of nitrogen functional groups attached to an aromatic ring is 1. The molecule has 4 nitrogen and oxygen atoms in total. The van der Waals surface area contributed by atoms with Crippen molar-refractivity contribution in [2.75, 3.05) is 12.3 Å². The summed E-state index contributed by atoms with van der Waals surface area (Å²) in [6.07, 6.45) is 7.27. The van der Waals surface area contributed by atoms with Gasteiger partial charge >= 0.3 is 0 Å². The van der Waals surface area contributed by atoms with Crippen LogP contribution in [0.2, 0.25) is 0 Å². The summed E-state index contributed by atoms with van der Waals surface area (Å²) in [5, 5.41) is 0. The van der Waals surface area contributed by atoms with Crippen molar-refractivity contribution in [2.45, 2.75) is 31.1 Å². The van der Waals surface area contributed by atoms with Crippen molar-refractivity contribution < 1.29 is 8.42 Å². The highest BCUT2D eigenvalue weighted by Crippen LogP contribution is 2.20. The first-order valence-corrected chi connectivity index (χ1v) is 7.98. The topological polar surface area (TPSA) is 72.2 Å². The summed E-state index contributed by atoms with van der Waals surface area (Å²) in [6, 6.07) is 4.83. The first kappa shape index (κ1) is 14.1. The Hall–Kier alpha value is -1.33. The summed E-state index contributed by atoms with van der Waals surface area (Å²) in [5.41, 5.74) is 7.14. The largest absolute Gasteiger partial charge is 0.398 e. The van der Waals surface area contributed by atoms with Gasteiger partial charge < -0.3 is 5.73 Å². The van der Waals surface area contributed by atoms with Crippen molar-refractivity contribution >= 4 is 15.7 Å². The van der Waals surface area contributed by atoms with E-state index in [2.05, 4.69) is 16.9 Å². The van der Waals surface area contributed by atoms with Gasteiger partial charge in [0.05, 0.1) is 4.90 Å². The summed E-state index contributed by atoms with van der Waals surface area (Å²) >= 11 is 0. The molecule has 1 aliphatic carbocycles. The molecule has 5 heteroatoms. The third kappa shape index (κ3) is 3.58. The van der Waals surface area contributed by atoms with Crippen LogP contribution in [0.15, 0.2) is 35.2 Å². The molecule has 0 radical (unpaired) electrons. The van der Waals surface area contributed by atoms with E-state index in [-0.39, 0.29) is 4.90 Å². The first-order chi connectivity index (χ1) is 8.99. The summed E-state index contributed by atoms with van der Waals surface area (Å²) < 4.78 is 27.0. The zero-order chi connectivity index (χ0) is 13.9. The Morgan fingerprint density at radius 3 is 2.79 bits per heavy atom. The fourth-order valence-electron chi connectivity index (χ4n) is 2.14. The number of hydrogen-bond acceptors (Lipinski definition) is 3. The molecule has 1 aromatic rings. The molecule has 0 saturated heterocycles. The lowest BCUT2D eigenvalue weighted by Crippen LogP contribution is -2.29. The Bertz CT molecular complexity index is 579. The zero-order valence-corrected chi connectivity index (χ0v) is 11.9. The molecule has 104 valence electrons. The van der Waals surface area contributed by atoms with E-state index in [9.17, 15) is 8.42 Å². The molecular weight excluding hydrogens is 260 g/mol. The van der Waals surface area contributed by atoms with E-state index in [1.165, 1.54) is 6.07 Å². The molecule has 1 aromatic carbocycles. The van der Waals surface area contributed by atoms with Gasteiger partial charge in [0.1, 0.15) is 0 Å². The van der Waals surface area contributed by atoms with Crippen LogP contribution in [0.5, 0.6) is 0 Å². The minimum absolute atomic E-state index is 0.238. The Balaban J connectivity index is 2.05. The van der Waals surface area contributed by atoms with Gasteiger partial charge in [-0.3, -0.25) is 0 Å². The van der Waals surface area contributed by atoms with Crippen LogP contribution in [-0.2, 0) is 10.0 Å². The van der Waals surface area contributed by atoms with E-state index in [1.54, 1.807) is 12.1 Å². The van der Waals surface area contributed by atoms with Gasteiger partial charge in [0.15, 0.2) is 0 Å². The molecular formula is C14H20N2O2S. The maximum absolute atomic E-state index is 12.2. The average Bonchev–Trinajstić information content (AvgIpc) is 2.41. The first-order valence-electron chi connectivity index (χ1n) is 6.50. The van der Waals surface area contributed by atoms with Crippen molar-refractivity contribution in [2.24, 2.45) is 5.92 Å². The van der Waals surface area contributed by atoms with Crippen molar-refractivity contribution in [3.63, 3.8) is 0 Å². The normalized spacial score (nSPS) is 19.5. The lowest BCUT2D eigenvalue weighted by Gasteiger charge is -2.18. The summed E-state index contributed by atoms with van der Waals surface area (Å²) in [4.78, 5) is 0.238. The predicted octanol–water partition coefficient (Wildman–Crippen LogP) is 2.21. The van der Waals surface area contributed by atoms with Crippen LogP contribution in [-0.4, -0.2) is 15.0 Å². The number of nitrogens with two attached hydrogens (primary N) is 1. The van der Waals surface area contributed by atoms with Crippen LogP contribution < -0.4 is 10.5 Å². The molecule has 19 heavy (non-hydrogen) atoms. The van der Waals surface area contributed by atoms with E-state index >= 15 is 0 Å². The van der Waals surface area contributed by atoms with Gasteiger partial charge in [-0.25, -0.2) is 13.1 Å². The number of nitrogens with one attached hydrogen (secondary N) is 1. The average molecular weight is 280 g/mol. The van der Waals surface area contributed by atoms with Gasteiger partial charge in [0.2, 0.25) is 10.0 Å². The van der Waals surface area contributed by atoms with Crippen LogP contribution in [0.3, 0.4) is 0 Å². The number of hydrogen-bond donors (Lipinski definition) is 2. The zero-order valence-electron chi connectivity index (χ0n) is 11.1. The molecule has 0 aliphatic heterocycles. The van der Waals surface area contributed by atoms with Gasteiger partial charge in [-0.05, 0) is 49.8 Å². The van der Waals surface area contributed by atoms with Crippen LogP contribution >= 0.6 is 0 Å². The molecule has 0 heterocycles. The van der Waals surface area contributed by atoms with Crippen molar-refractivity contribution in [1.29, 1.82) is 0 Å². The molecule has 3 N–H and O–H groups in total. The number of rotatable bonds is 4. The molecule has 0 amide bonds. The molecule has 1 atom stereocenters. The molecule has 0 saturated carbocycles. The fourth-order valence-corrected chi connectivity index (χ4v) is 3.29. The number of benzene rings is 1. The minimum atomic E-state index is -3.45. The molecule has 1 aliphatic rings. The van der Waals surface area contributed by atoms with Crippen molar-refractivity contribution in [1.82, 2.24) is 4.72 Å². The molecule has 0 fully saturated rings. The lowest BCUT2D eigenvalue weighted by molar-refractivity contribution is 0.468. The maximum Gasteiger partial charge on any atom is 0.240 e. The summed E-state index contributed by atoms with van der Waals surface area (Å²) in [5.74, 6) is 0.391. The van der Waals surface area contributed by atoms with E-state index < -0.39 is 10.0 Å². The Morgan fingerprint density at radius 2 is 2.16 bits per heavy atom. The number of aryl methyl sites for hydroxylation is 1. The van der Waals surface area contributed by atoms with E-state index in [4.69, 9.17) is 5.73 Å². The van der Waals surface area contributed by atoms with Crippen molar-refractivity contribution in [3.8, 4) is 0 Å². The van der Waals surface area contributed by atoms with Crippen LogP contribution in [0.1, 0.15) is 24.8 Å². The third-order valence-corrected chi connectivity index (χ3v) is 4.92. The second-order valence-electron chi connectivity index (χ2n) is 5.02. The Kier molecular flexibility index (Phi) is 4.27. The predicted molar refractivity (Wildman–Crippen MR) is 77.3 cm³/mol. The smallest absolute Gasteiger partial charge is 0.240 e. The van der Waals surface area contributed by atoms with E-state index in [0.717, 1.165) is 24.8 Å². The monoisotopic (exact) mass is 280 g/mol. The van der Waals surface area contributed by atoms with Crippen LogP contribution in [0.25, 0.3) is 0 Å². The summed E-state index contributed by atoms with van der Waals surface area (Å²) in [6.45, 7) is 2.34. The second kappa shape index (κ2) is 5.75. The second-order valence-corrected chi connectivity index (χ2v) is 6.79. The van der Waals surface area contributed by atoms with Gasteiger partial charge in [-0.1, -0.05) is 18.2 Å². The molecule has 1 unspecified atom stereocenters. The maximum atomic E-state index is 12.2. The molecule has 2 rings (SSSR count). The SMILES string of the molecule is Cc1ccc(S(=O)(=O)NCC2CC=CCC2)cc1N. The highest BCUT2D eigenvalue weighted by atomic mass is 32.2. The third-order valence-electron chi connectivity index (χ3n) is 3.50. The van der Waals surface area contributed by atoms with E-state index in [0.29, 0.717) is 18.2 Å². The molecule has 0 bridgehead atoms. The molecule has 0 aromatic heterocycles. The number of anilines is 1.